The van der Waals surface area contributed by atoms with Crippen LogP contribution < -0.4 is 14.4 Å². The fourth-order valence-electron chi connectivity index (χ4n) is 4.40. The van der Waals surface area contributed by atoms with Crippen molar-refractivity contribution in [3.8, 4) is 11.5 Å². The number of carbonyl (C=O) groups excluding carboxylic acids is 2. The van der Waals surface area contributed by atoms with E-state index in [4.69, 9.17) is 14.2 Å². The molecule has 0 bridgehead atoms. The molecular formula is C26H30N2O5. The molecule has 0 N–H and O–H groups in total. The van der Waals surface area contributed by atoms with E-state index >= 15 is 0 Å². The summed E-state index contributed by atoms with van der Waals surface area (Å²) in [5.41, 5.74) is 1.88. The predicted octanol–water partition coefficient (Wildman–Crippen LogP) is 3.88. The lowest BCUT2D eigenvalue weighted by molar-refractivity contribution is -0.121. The number of carbonyl (C=O) groups is 2. The van der Waals surface area contributed by atoms with E-state index in [1.165, 1.54) is 4.90 Å². The summed E-state index contributed by atoms with van der Waals surface area (Å²) in [6, 6.07) is 14.4. The van der Waals surface area contributed by atoms with Crippen molar-refractivity contribution >= 4 is 23.1 Å². The van der Waals surface area contributed by atoms with Crippen LogP contribution >= 0.6 is 0 Å². The van der Waals surface area contributed by atoms with Crippen LogP contribution in [0.4, 0.5) is 5.69 Å². The molecule has 2 atom stereocenters. The Morgan fingerprint density at radius 3 is 2.18 bits per heavy atom. The largest absolute Gasteiger partial charge is 0.497 e. The highest BCUT2D eigenvalue weighted by Crippen LogP contribution is 2.39. The molecule has 7 heteroatoms. The van der Waals surface area contributed by atoms with Gasteiger partial charge < -0.3 is 19.1 Å². The molecule has 174 valence electrons. The highest BCUT2D eigenvalue weighted by atomic mass is 16.5. The number of nitrogens with zero attached hydrogens (tertiary/aromatic N) is 2. The van der Waals surface area contributed by atoms with Crippen LogP contribution in [0, 0.1) is 0 Å². The van der Waals surface area contributed by atoms with Crippen molar-refractivity contribution in [1.29, 1.82) is 0 Å². The van der Waals surface area contributed by atoms with Crippen LogP contribution in [-0.2, 0) is 14.3 Å². The van der Waals surface area contributed by atoms with Gasteiger partial charge in [-0.2, -0.15) is 0 Å². The first kappa shape index (κ1) is 22.9. The molecule has 0 spiro atoms. The average Bonchev–Trinajstić information content (AvgIpc) is 3.03. The third-order valence-corrected chi connectivity index (χ3v) is 5.64. The normalized spacial score (nSPS) is 21.3. The van der Waals surface area contributed by atoms with Crippen LogP contribution in [0.25, 0.3) is 5.57 Å². The number of ether oxygens (including phenoxy) is 3. The van der Waals surface area contributed by atoms with Gasteiger partial charge in [-0.05, 0) is 57.5 Å². The first-order valence-electron chi connectivity index (χ1n) is 11.2. The van der Waals surface area contributed by atoms with Gasteiger partial charge >= 0.3 is 0 Å². The van der Waals surface area contributed by atoms with Crippen molar-refractivity contribution in [1.82, 2.24) is 4.90 Å². The predicted molar refractivity (Wildman–Crippen MR) is 126 cm³/mol. The summed E-state index contributed by atoms with van der Waals surface area (Å²) in [7, 11) is 1.59. The molecule has 2 aromatic carbocycles. The van der Waals surface area contributed by atoms with Crippen LogP contribution in [0.5, 0.6) is 11.5 Å². The van der Waals surface area contributed by atoms with E-state index in [-0.39, 0.29) is 30.1 Å². The van der Waals surface area contributed by atoms with Crippen molar-refractivity contribution in [2.45, 2.75) is 46.0 Å². The maximum atomic E-state index is 13.9. The molecule has 2 heterocycles. The summed E-state index contributed by atoms with van der Waals surface area (Å²) >= 11 is 0. The molecule has 33 heavy (non-hydrogen) atoms. The lowest BCUT2D eigenvalue weighted by atomic mass is 10.0. The number of hydrogen-bond donors (Lipinski definition) is 0. The molecule has 2 aromatic rings. The monoisotopic (exact) mass is 450 g/mol. The smallest absolute Gasteiger partial charge is 0.282 e. The number of para-hydroxylation sites is 2. The number of amides is 2. The number of methoxy groups -OCH3 is 1. The molecule has 1 saturated heterocycles. The van der Waals surface area contributed by atoms with Gasteiger partial charge in [0.05, 0.1) is 36.7 Å². The zero-order chi connectivity index (χ0) is 23.7. The molecule has 0 radical (unpaired) electrons. The van der Waals surface area contributed by atoms with E-state index in [1.807, 2.05) is 50.8 Å². The van der Waals surface area contributed by atoms with E-state index in [0.717, 1.165) is 0 Å². The summed E-state index contributed by atoms with van der Waals surface area (Å²) in [6.07, 6.45) is -0.229. The molecule has 2 amide bonds. The zero-order valence-corrected chi connectivity index (χ0v) is 19.7. The SMILES string of the molecule is COc1ccc(C2=C(N3CC(C)OC(C)C3)C(=O)N(c3ccccc3OC(C)C)C2=O)cc1. The lowest BCUT2D eigenvalue weighted by Crippen LogP contribution is -2.47. The van der Waals surface area contributed by atoms with E-state index in [2.05, 4.69) is 0 Å². The van der Waals surface area contributed by atoms with E-state index in [9.17, 15) is 9.59 Å². The molecule has 0 aromatic heterocycles. The third-order valence-electron chi connectivity index (χ3n) is 5.64. The Bertz CT molecular complexity index is 1070. The van der Waals surface area contributed by atoms with Crippen LogP contribution in [0.1, 0.15) is 33.3 Å². The fourth-order valence-corrected chi connectivity index (χ4v) is 4.40. The van der Waals surface area contributed by atoms with Crippen LogP contribution in [0.3, 0.4) is 0 Å². The van der Waals surface area contributed by atoms with Gasteiger partial charge in [0, 0.05) is 13.1 Å². The third kappa shape index (κ3) is 4.46. The van der Waals surface area contributed by atoms with Gasteiger partial charge in [-0.25, -0.2) is 4.90 Å². The first-order chi connectivity index (χ1) is 15.8. The topological polar surface area (TPSA) is 68.3 Å². The molecule has 7 nitrogen and oxygen atoms in total. The standard InChI is InChI=1S/C26H30N2O5/c1-16(2)32-22-9-7-6-8-21(22)28-25(29)23(19-10-12-20(31-5)13-11-19)24(26(28)30)27-14-17(3)33-18(4)15-27/h6-13,16-18H,14-15H2,1-5H3. The molecule has 1 fully saturated rings. The molecule has 0 aliphatic carbocycles. The number of morpholine rings is 1. The molecule has 0 saturated carbocycles. The average molecular weight is 451 g/mol. The highest BCUT2D eigenvalue weighted by Gasteiger charge is 2.44. The molecule has 4 rings (SSSR count). The number of rotatable bonds is 6. The second-order valence-corrected chi connectivity index (χ2v) is 8.69. The summed E-state index contributed by atoms with van der Waals surface area (Å²) < 4.78 is 17.1. The Morgan fingerprint density at radius 1 is 0.939 bits per heavy atom. The number of hydrogen-bond acceptors (Lipinski definition) is 6. The summed E-state index contributed by atoms with van der Waals surface area (Å²) in [4.78, 5) is 30.9. The zero-order valence-electron chi connectivity index (χ0n) is 19.7. The quantitative estimate of drug-likeness (QED) is 0.623. The summed E-state index contributed by atoms with van der Waals surface area (Å²) in [6.45, 7) is 8.82. The Balaban J connectivity index is 1.83. The van der Waals surface area contributed by atoms with Crippen molar-refractivity contribution in [3.05, 3.63) is 59.8 Å². The second kappa shape index (κ2) is 9.27. The maximum absolute atomic E-state index is 13.9. The van der Waals surface area contributed by atoms with Gasteiger partial charge in [-0.1, -0.05) is 24.3 Å². The maximum Gasteiger partial charge on any atom is 0.282 e. The minimum absolute atomic E-state index is 0.0631. The van der Waals surface area contributed by atoms with Crippen molar-refractivity contribution in [2.75, 3.05) is 25.1 Å². The Kier molecular flexibility index (Phi) is 6.42. The van der Waals surface area contributed by atoms with Gasteiger partial charge in [0.2, 0.25) is 0 Å². The van der Waals surface area contributed by atoms with E-state index in [1.54, 1.807) is 37.4 Å². The Morgan fingerprint density at radius 2 is 1.58 bits per heavy atom. The van der Waals surface area contributed by atoms with E-state index in [0.29, 0.717) is 47.1 Å². The first-order valence-corrected chi connectivity index (χ1v) is 11.2. The van der Waals surface area contributed by atoms with Crippen molar-refractivity contribution in [2.24, 2.45) is 0 Å². The van der Waals surface area contributed by atoms with E-state index < -0.39 is 0 Å². The van der Waals surface area contributed by atoms with Gasteiger partial charge in [0.25, 0.3) is 11.8 Å². The van der Waals surface area contributed by atoms with Crippen molar-refractivity contribution < 1.29 is 23.8 Å². The summed E-state index contributed by atoms with van der Waals surface area (Å²) in [5, 5.41) is 0. The van der Waals surface area contributed by atoms with Crippen LogP contribution in [-0.4, -0.2) is 55.2 Å². The molecular weight excluding hydrogens is 420 g/mol. The molecule has 2 unspecified atom stereocenters. The molecule has 2 aliphatic rings. The number of anilines is 1. The summed E-state index contributed by atoms with van der Waals surface area (Å²) in [5.74, 6) is 0.450. The van der Waals surface area contributed by atoms with Crippen molar-refractivity contribution in [3.63, 3.8) is 0 Å². The van der Waals surface area contributed by atoms with Crippen LogP contribution in [0.2, 0.25) is 0 Å². The van der Waals surface area contributed by atoms with Gasteiger partial charge in [0.1, 0.15) is 17.2 Å². The van der Waals surface area contributed by atoms with Gasteiger partial charge in [-0.3, -0.25) is 9.59 Å². The minimum Gasteiger partial charge on any atom is -0.497 e. The fraction of sp³-hybridized carbons (Fsp3) is 0.385. The van der Waals surface area contributed by atoms with Gasteiger partial charge in [0.15, 0.2) is 0 Å². The minimum atomic E-state index is -0.369. The Hall–Kier alpha value is -3.32. The Labute approximate surface area is 194 Å². The number of imide groups is 1. The molecule has 2 aliphatic heterocycles. The van der Waals surface area contributed by atoms with Crippen LogP contribution in [0.15, 0.2) is 54.2 Å². The lowest BCUT2D eigenvalue weighted by Gasteiger charge is -2.37. The number of benzene rings is 2. The van der Waals surface area contributed by atoms with Gasteiger partial charge in [-0.15, -0.1) is 0 Å². The highest BCUT2D eigenvalue weighted by molar-refractivity contribution is 6.45. The second-order valence-electron chi connectivity index (χ2n) is 8.69.